The lowest BCUT2D eigenvalue weighted by Crippen LogP contribution is -2.47. The van der Waals surface area contributed by atoms with Gasteiger partial charge in [0.2, 0.25) is 0 Å². The van der Waals surface area contributed by atoms with Crippen molar-refractivity contribution in [1.82, 2.24) is 29.6 Å². The zero-order valence-corrected chi connectivity index (χ0v) is 20.6. The van der Waals surface area contributed by atoms with E-state index >= 15 is 0 Å². The summed E-state index contributed by atoms with van der Waals surface area (Å²) in [6.45, 7) is 9.53. The van der Waals surface area contributed by atoms with Gasteiger partial charge < -0.3 is 4.90 Å². The second-order valence-electron chi connectivity index (χ2n) is 9.68. The molecule has 1 aliphatic rings. The number of nitrogens with zero attached hydrogens (tertiary/aromatic N) is 7. The average molecular weight is 470 g/mol. The number of anilines is 1. The summed E-state index contributed by atoms with van der Waals surface area (Å²) in [5.74, 6) is 1.58. The van der Waals surface area contributed by atoms with E-state index in [-0.39, 0.29) is 12.2 Å². The Morgan fingerprint density at radius 3 is 2.51 bits per heavy atom. The van der Waals surface area contributed by atoms with Gasteiger partial charge in [-0.1, -0.05) is 13.8 Å². The zero-order chi connectivity index (χ0) is 24.4. The smallest absolute Gasteiger partial charge is 0.169 e. The molecule has 180 valence electrons. The molecule has 8 nitrogen and oxygen atoms in total. The van der Waals surface area contributed by atoms with Gasteiger partial charge in [0.05, 0.1) is 18.3 Å². The maximum Gasteiger partial charge on any atom is 0.169 e. The molecule has 8 heteroatoms. The first kappa shape index (κ1) is 23.1. The highest BCUT2D eigenvalue weighted by Gasteiger charge is 2.19. The number of fused-ring (bicyclic) bond motifs is 1. The number of piperazine rings is 1. The first-order chi connectivity index (χ1) is 16.9. The zero-order valence-electron chi connectivity index (χ0n) is 20.6. The van der Waals surface area contributed by atoms with Crippen molar-refractivity contribution < 1.29 is 4.79 Å². The fraction of sp³-hybridized carbons (Fsp3) is 0.370. The van der Waals surface area contributed by atoms with Crippen LogP contribution in [0.15, 0.2) is 55.2 Å². The molecule has 1 saturated heterocycles. The minimum absolute atomic E-state index is 0.0421. The molecule has 0 N–H and O–H groups in total. The van der Waals surface area contributed by atoms with E-state index in [2.05, 4.69) is 43.7 Å². The monoisotopic (exact) mass is 469 g/mol. The van der Waals surface area contributed by atoms with Crippen LogP contribution in [-0.4, -0.2) is 68.1 Å². The van der Waals surface area contributed by atoms with Crippen molar-refractivity contribution in [2.24, 2.45) is 13.0 Å². The lowest BCUT2D eigenvalue weighted by atomic mass is 10.0. The molecule has 0 radical (unpaired) electrons. The van der Waals surface area contributed by atoms with Gasteiger partial charge in [-0.25, -0.2) is 4.98 Å². The lowest BCUT2D eigenvalue weighted by molar-refractivity contribution is 0.0992. The number of Topliss-reactive ketones (excluding diaryl/α,β-unsaturated/α-hetero) is 1. The maximum atomic E-state index is 13.1. The second-order valence-corrected chi connectivity index (χ2v) is 9.68. The van der Waals surface area contributed by atoms with Crippen LogP contribution in [0.4, 0.5) is 5.82 Å². The van der Waals surface area contributed by atoms with E-state index in [0.29, 0.717) is 11.5 Å². The number of aryl methyl sites for hydroxylation is 1. The third kappa shape index (κ3) is 5.38. The predicted molar refractivity (Wildman–Crippen MR) is 138 cm³/mol. The Bertz CT molecular complexity index is 1340. The number of aromatic nitrogens is 5. The largest absolute Gasteiger partial charge is 0.354 e. The third-order valence-corrected chi connectivity index (χ3v) is 6.39. The molecule has 0 saturated carbocycles. The van der Waals surface area contributed by atoms with Crippen molar-refractivity contribution in [3.05, 3.63) is 66.5 Å². The number of rotatable bonds is 7. The molecular weight excluding hydrogens is 438 g/mol. The van der Waals surface area contributed by atoms with E-state index < -0.39 is 0 Å². The SMILES string of the molecule is CC(C)CN1CCN(c2cc(C(=O)Cc3cc4cc(-c5cnn(C)c5)ncc4cn3)ccn2)CC1. The van der Waals surface area contributed by atoms with Crippen LogP contribution < -0.4 is 4.90 Å². The number of ketones is 1. The highest BCUT2D eigenvalue weighted by atomic mass is 16.1. The van der Waals surface area contributed by atoms with Crippen LogP contribution in [0, 0.1) is 5.92 Å². The van der Waals surface area contributed by atoms with Crippen molar-refractivity contribution in [2.75, 3.05) is 37.6 Å². The first-order valence-corrected chi connectivity index (χ1v) is 12.1. The number of carbonyl (C=O) groups excluding carboxylic acids is 1. The van der Waals surface area contributed by atoms with Crippen LogP contribution in [0.2, 0.25) is 0 Å². The quantitative estimate of drug-likeness (QED) is 0.382. The van der Waals surface area contributed by atoms with E-state index in [1.165, 1.54) is 0 Å². The van der Waals surface area contributed by atoms with Crippen LogP contribution in [0.1, 0.15) is 29.9 Å². The summed E-state index contributed by atoms with van der Waals surface area (Å²) in [6, 6.07) is 7.72. The fourth-order valence-corrected chi connectivity index (χ4v) is 4.60. The van der Waals surface area contributed by atoms with Gasteiger partial charge in [0, 0.05) is 86.8 Å². The van der Waals surface area contributed by atoms with Gasteiger partial charge in [-0.15, -0.1) is 0 Å². The van der Waals surface area contributed by atoms with Crippen LogP contribution in [-0.2, 0) is 13.5 Å². The molecule has 5 rings (SSSR count). The van der Waals surface area contributed by atoms with Gasteiger partial charge in [0.25, 0.3) is 0 Å². The standard InChI is InChI=1S/C27H31N7O/c1-19(2)17-33-6-8-34(9-7-33)27-12-20(4-5-28-27)26(35)13-24-10-21-11-25(23-16-31-32(3)18-23)30-15-22(21)14-29-24/h4-5,10-12,14-16,18-19H,6-9,13,17H2,1-3H3. The third-order valence-electron chi connectivity index (χ3n) is 6.39. The summed E-state index contributed by atoms with van der Waals surface area (Å²) in [7, 11) is 1.88. The van der Waals surface area contributed by atoms with Gasteiger partial charge in [-0.3, -0.25) is 24.3 Å². The van der Waals surface area contributed by atoms with Gasteiger partial charge in [0.15, 0.2) is 5.78 Å². The molecule has 35 heavy (non-hydrogen) atoms. The molecule has 0 bridgehead atoms. The summed E-state index contributed by atoms with van der Waals surface area (Å²) in [5, 5.41) is 6.18. The molecule has 0 aliphatic carbocycles. The van der Waals surface area contributed by atoms with Crippen molar-refractivity contribution in [2.45, 2.75) is 20.3 Å². The summed E-state index contributed by atoms with van der Waals surface area (Å²) in [6.07, 6.45) is 9.31. The normalized spacial score (nSPS) is 14.7. The molecule has 0 amide bonds. The molecular formula is C27H31N7O. The van der Waals surface area contributed by atoms with Crippen LogP contribution >= 0.6 is 0 Å². The number of hydrogen-bond acceptors (Lipinski definition) is 7. The Kier molecular flexibility index (Phi) is 6.55. The van der Waals surface area contributed by atoms with Crippen molar-refractivity contribution >= 4 is 22.4 Å². The Morgan fingerprint density at radius 1 is 0.971 bits per heavy atom. The summed E-state index contributed by atoms with van der Waals surface area (Å²) < 4.78 is 1.76. The Balaban J connectivity index is 1.29. The molecule has 4 aromatic rings. The minimum atomic E-state index is 0.0421. The van der Waals surface area contributed by atoms with Crippen LogP contribution in [0.5, 0.6) is 0 Å². The maximum absolute atomic E-state index is 13.1. The molecule has 1 fully saturated rings. The molecule has 4 aromatic heterocycles. The second kappa shape index (κ2) is 9.92. The summed E-state index contributed by atoms with van der Waals surface area (Å²) >= 11 is 0. The number of pyridine rings is 3. The van der Waals surface area contributed by atoms with Crippen molar-refractivity contribution in [3.8, 4) is 11.3 Å². The van der Waals surface area contributed by atoms with Gasteiger partial charge in [-0.2, -0.15) is 5.10 Å². The van der Waals surface area contributed by atoms with E-state index in [9.17, 15) is 4.79 Å². The topological polar surface area (TPSA) is 80.0 Å². The molecule has 0 atom stereocenters. The van der Waals surface area contributed by atoms with Crippen LogP contribution in [0.3, 0.4) is 0 Å². The van der Waals surface area contributed by atoms with E-state index in [1.807, 2.05) is 37.6 Å². The first-order valence-electron chi connectivity index (χ1n) is 12.1. The minimum Gasteiger partial charge on any atom is -0.354 e. The molecule has 0 spiro atoms. The van der Waals surface area contributed by atoms with Crippen molar-refractivity contribution in [3.63, 3.8) is 0 Å². The fourth-order valence-electron chi connectivity index (χ4n) is 4.60. The van der Waals surface area contributed by atoms with E-state index in [1.54, 1.807) is 29.3 Å². The van der Waals surface area contributed by atoms with Crippen molar-refractivity contribution in [1.29, 1.82) is 0 Å². The molecule has 0 aromatic carbocycles. The van der Waals surface area contributed by atoms with Gasteiger partial charge >= 0.3 is 0 Å². The Morgan fingerprint density at radius 2 is 1.77 bits per heavy atom. The van der Waals surface area contributed by atoms with E-state index in [0.717, 1.165) is 66.3 Å². The Labute approximate surface area is 205 Å². The highest BCUT2D eigenvalue weighted by Crippen LogP contribution is 2.22. The number of hydrogen-bond donors (Lipinski definition) is 0. The molecule has 5 heterocycles. The summed E-state index contributed by atoms with van der Waals surface area (Å²) in [4.78, 5) is 31.5. The average Bonchev–Trinajstić information content (AvgIpc) is 3.30. The molecule has 0 unspecified atom stereocenters. The van der Waals surface area contributed by atoms with Gasteiger partial charge in [0.1, 0.15) is 5.82 Å². The van der Waals surface area contributed by atoms with Crippen LogP contribution in [0.25, 0.3) is 22.0 Å². The summed E-state index contributed by atoms with van der Waals surface area (Å²) in [5.41, 5.74) is 3.22. The molecule has 1 aliphatic heterocycles. The lowest BCUT2D eigenvalue weighted by Gasteiger charge is -2.36. The van der Waals surface area contributed by atoms with Gasteiger partial charge in [-0.05, 0) is 35.6 Å². The predicted octanol–water partition coefficient (Wildman–Crippen LogP) is 3.63. The number of carbonyl (C=O) groups is 1. The highest BCUT2D eigenvalue weighted by molar-refractivity contribution is 5.98. The van der Waals surface area contributed by atoms with E-state index in [4.69, 9.17) is 0 Å². The Hall–Kier alpha value is -3.65.